The molecule has 2 heterocycles. The maximum Gasteiger partial charge on any atom is 0.254 e. The van der Waals surface area contributed by atoms with Crippen molar-refractivity contribution in [2.45, 2.75) is 44.8 Å². The van der Waals surface area contributed by atoms with Gasteiger partial charge in [-0.2, -0.15) is 0 Å². The Morgan fingerprint density at radius 2 is 1.82 bits per heavy atom. The lowest BCUT2D eigenvalue weighted by atomic mass is 10.1. The molecule has 34 heavy (non-hydrogen) atoms. The zero-order valence-electron chi connectivity index (χ0n) is 19.4. The zero-order chi connectivity index (χ0) is 23.3. The Bertz CT molecular complexity index is 1130. The minimum absolute atomic E-state index is 0.0179. The van der Waals surface area contributed by atoms with Crippen molar-refractivity contribution in [3.8, 4) is 11.5 Å². The quantitative estimate of drug-likeness (QED) is 0.568. The van der Waals surface area contributed by atoms with Crippen LogP contribution in [-0.4, -0.2) is 41.7 Å². The van der Waals surface area contributed by atoms with Gasteiger partial charge in [0.2, 0.25) is 5.95 Å². The SMILES string of the molecule is CCOc1ccccc1O[C@@H]1CCCN(c2ncc(C(=O)N[C@H]3CCc4ccccc43)cn2)C1. The number of ether oxygens (including phenoxy) is 2. The molecule has 3 aromatic rings. The summed E-state index contributed by atoms with van der Waals surface area (Å²) in [6.07, 6.45) is 7.11. The summed E-state index contributed by atoms with van der Waals surface area (Å²) < 4.78 is 12.0. The van der Waals surface area contributed by atoms with Gasteiger partial charge in [0.05, 0.1) is 24.8 Å². The highest BCUT2D eigenvalue weighted by Crippen LogP contribution is 2.31. The fraction of sp³-hybridized carbons (Fsp3) is 0.370. The number of fused-ring (bicyclic) bond motifs is 1. The number of rotatable bonds is 7. The predicted molar refractivity (Wildman–Crippen MR) is 130 cm³/mol. The van der Waals surface area contributed by atoms with Crippen LogP contribution in [0.3, 0.4) is 0 Å². The molecule has 7 nitrogen and oxygen atoms in total. The molecule has 0 unspecified atom stereocenters. The topological polar surface area (TPSA) is 76.6 Å². The second-order valence-electron chi connectivity index (χ2n) is 8.74. The Hall–Kier alpha value is -3.61. The van der Waals surface area contributed by atoms with Gasteiger partial charge in [-0.25, -0.2) is 9.97 Å². The summed E-state index contributed by atoms with van der Waals surface area (Å²) in [4.78, 5) is 23.9. The fourth-order valence-electron chi connectivity index (χ4n) is 4.77. The maximum absolute atomic E-state index is 12.8. The smallest absolute Gasteiger partial charge is 0.254 e. The summed E-state index contributed by atoms with van der Waals surface area (Å²) in [6.45, 7) is 4.10. The summed E-state index contributed by atoms with van der Waals surface area (Å²) >= 11 is 0. The van der Waals surface area contributed by atoms with Gasteiger partial charge in [-0.15, -0.1) is 0 Å². The Labute approximate surface area is 200 Å². The number of para-hydroxylation sites is 2. The van der Waals surface area contributed by atoms with Gasteiger partial charge in [0.1, 0.15) is 6.10 Å². The molecule has 0 saturated carbocycles. The molecule has 0 spiro atoms. The molecule has 1 saturated heterocycles. The second-order valence-corrected chi connectivity index (χ2v) is 8.74. The van der Waals surface area contributed by atoms with Gasteiger partial charge in [-0.1, -0.05) is 36.4 Å². The summed E-state index contributed by atoms with van der Waals surface area (Å²) in [5.74, 6) is 2.01. The van der Waals surface area contributed by atoms with Crippen molar-refractivity contribution in [3.05, 3.63) is 77.6 Å². The molecule has 1 amide bonds. The van der Waals surface area contributed by atoms with Crippen molar-refractivity contribution in [1.29, 1.82) is 0 Å². The van der Waals surface area contributed by atoms with Crippen LogP contribution >= 0.6 is 0 Å². The predicted octanol–water partition coefficient (Wildman–Crippen LogP) is 4.34. The van der Waals surface area contributed by atoms with Crippen molar-refractivity contribution in [3.63, 3.8) is 0 Å². The number of amides is 1. The summed E-state index contributed by atoms with van der Waals surface area (Å²) in [6, 6.07) is 16.1. The average molecular weight is 459 g/mol. The molecule has 0 radical (unpaired) electrons. The number of benzene rings is 2. The average Bonchev–Trinajstić information content (AvgIpc) is 3.28. The first-order chi connectivity index (χ1) is 16.7. The van der Waals surface area contributed by atoms with E-state index < -0.39 is 0 Å². The minimum atomic E-state index is -0.138. The number of piperidine rings is 1. The lowest BCUT2D eigenvalue weighted by Crippen LogP contribution is -2.42. The third kappa shape index (κ3) is 4.83. The fourth-order valence-corrected chi connectivity index (χ4v) is 4.77. The van der Waals surface area contributed by atoms with Crippen LogP contribution in [0.5, 0.6) is 11.5 Å². The van der Waals surface area contributed by atoms with Gasteiger partial charge in [-0.3, -0.25) is 4.79 Å². The Morgan fingerprint density at radius 3 is 2.65 bits per heavy atom. The Balaban J connectivity index is 1.21. The number of aromatic nitrogens is 2. The minimum Gasteiger partial charge on any atom is -0.490 e. The Kier molecular flexibility index (Phi) is 6.60. The van der Waals surface area contributed by atoms with Crippen molar-refractivity contribution < 1.29 is 14.3 Å². The van der Waals surface area contributed by atoms with Crippen LogP contribution in [-0.2, 0) is 6.42 Å². The third-order valence-electron chi connectivity index (χ3n) is 6.44. The van der Waals surface area contributed by atoms with Gasteiger partial charge in [-0.05, 0) is 55.9 Å². The zero-order valence-corrected chi connectivity index (χ0v) is 19.4. The molecule has 2 aliphatic rings. The summed E-state index contributed by atoms with van der Waals surface area (Å²) in [5, 5.41) is 3.14. The van der Waals surface area contributed by atoms with Crippen LogP contribution in [0.2, 0.25) is 0 Å². The van der Waals surface area contributed by atoms with Gasteiger partial charge in [0.15, 0.2) is 11.5 Å². The standard InChI is InChI=1S/C27H30N4O3/c1-2-33-24-11-5-6-12-25(24)34-21-9-7-15-31(18-21)27-28-16-20(17-29-27)26(32)30-23-14-13-19-8-3-4-10-22(19)23/h3-6,8,10-12,16-17,21,23H,2,7,9,13-15,18H2,1H3,(H,30,32)/t21-,23+/m1/s1. The van der Waals surface area contributed by atoms with E-state index in [4.69, 9.17) is 9.47 Å². The number of carbonyl (C=O) groups excluding carboxylic acids is 1. The molecule has 0 bridgehead atoms. The van der Waals surface area contributed by atoms with Crippen LogP contribution in [0.4, 0.5) is 5.95 Å². The van der Waals surface area contributed by atoms with E-state index in [0.29, 0.717) is 24.7 Å². The Morgan fingerprint density at radius 1 is 1.06 bits per heavy atom. The van der Waals surface area contributed by atoms with E-state index in [1.807, 2.05) is 43.3 Å². The molecule has 1 aromatic heterocycles. The van der Waals surface area contributed by atoms with Crippen molar-refractivity contribution >= 4 is 11.9 Å². The third-order valence-corrected chi connectivity index (χ3v) is 6.44. The van der Waals surface area contributed by atoms with E-state index in [0.717, 1.165) is 43.7 Å². The lowest BCUT2D eigenvalue weighted by Gasteiger charge is -2.33. The first-order valence-electron chi connectivity index (χ1n) is 12.1. The number of nitrogens with one attached hydrogen (secondary N) is 1. The van der Waals surface area contributed by atoms with Crippen LogP contribution in [0.1, 0.15) is 53.7 Å². The van der Waals surface area contributed by atoms with Crippen LogP contribution < -0.4 is 19.7 Å². The van der Waals surface area contributed by atoms with Gasteiger partial charge >= 0.3 is 0 Å². The molecule has 5 rings (SSSR count). The monoisotopic (exact) mass is 458 g/mol. The van der Waals surface area contributed by atoms with E-state index in [-0.39, 0.29) is 18.1 Å². The molecule has 176 valence electrons. The maximum atomic E-state index is 12.8. The van der Waals surface area contributed by atoms with Crippen LogP contribution in [0.25, 0.3) is 0 Å². The van der Waals surface area contributed by atoms with E-state index in [2.05, 4.69) is 32.3 Å². The number of hydrogen-bond acceptors (Lipinski definition) is 6. The molecule has 7 heteroatoms. The molecule has 2 aromatic carbocycles. The molecular formula is C27H30N4O3. The van der Waals surface area contributed by atoms with E-state index in [1.165, 1.54) is 11.1 Å². The van der Waals surface area contributed by atoms with Crippen LogP contribution in [0.15, 0.2) is 60.9 Å². The summed E-state index contributed by atoms with van der Waals surface area (Å²) in [7, 11) is 0. The number of carbonyl (C=O) groups is 1. The van der Waals surface area contributed by atoms with Crippen molar-refractivity contribution in [1.82, 2.24) is 15.3 Å². The van der Waals surface area contributed by atoms with Gasteiger partial charge < -0.3 is 19.7 Å². The molecule has 1 N–H and O–H groups in total. The second kappa shape index (κ2) is 10.1. The number of nitrogens with zero attached hydrogens (tertiary/aromatic N) is 3. The van der Waals surface area contributed by atoms with Crippen molar-refractivity contribution in [2.75, 3.05) is 24.6 Å². The molecule has 1 aliphatic heterocycles. The van der Waals surface area contributed by atoms with Gasteiger partial charge in [0, 0.05) is 18.9 Å². The van der Waals surface area contributed by atoms with Crippen molar-refractivity contribution in [2.24, 2.45) is 0 Å². The summed E-state index contributed by atoms with van der Waals surface area (Å²) in [5.41, 5.74) is 2.99. The van der Waals surface area contributed by atoms with Gasteiger partial charge in [0.25, 0.3) is 5.91 Å². The van der Waals surface area contributed by atoms with E-state index in [9.17, 15) is 4.79 Å². The normalized spacial score (nSPS) is 19.4. The van der Waals surface area contributed by atoms with Crippen LogP contribution in [0, 0.1) is 0 Å². The van der Waals surface area contributed by atoms with E-state index in [1.54, 1.807) is 12.4 Å². The highest BCUT2D eigenvalue weighted by molar-refractivity contribution is 5.94. The first-order valence-corrected chi connectivity index (χ1v) is 12.1. The highest BCUT2D eigenvalue weighted by Gasteiger charge is 2.26. The molecule has 1 aliphatic carbocycles. The molecule has 2 atom stereocenters. The number of aryl methyl sites for hydroxylation is 1. The first kappa shape index (κ1) is 22.2. The number of anilines is 1. The number of hydrogen-bond donors (Lipinski definition) is 1. The largest absolute Gasteiger partial charge is 0.490 e. The molecular weight excluding hydrogens is 428 g/mol. The highest BCUT2D eigenvalue weighted by atomic mass is 16.5. The lowest BCUT2D eigenvalue weighted by molar-refractivity contribution is 0.0936. The molecule has 1 fully saturated rings. The van der Waals surface area contributed by atoms with E-state index >= 15 is 0 Å².